The van der Waals surface area contributed by atoms with E-state index in [1.807, 2.05) is 16.5 Å². The summed E-state index contributed by atoms with van der Waals surface area (Å²) < 4.78 is 0. The van der Waals surface area contributed by atoms with Crippen molar-refractivity contribution in [1.29, 1.82) is 0 Å². The second-order valence-corrected chi connectivity index (χ2v) is 9.64. The summed E-state index contributed by atoms with van der Waals surface area (Å²) in [5, 5.41) is 3.11. The number of aromatic nitrogens is 1. The van der Waals surface area contributed by atoms with Gasteiger partial charge in [-0.25, -0.2) is 9.78 Å². The van der Waals surface area contributed by atoms with Crippen LogP contribution in [0.5, 0.6) is 0 Å². The second-order valence-electron chi connectivity index (χ2n) is 8.66. The second kappa shape index (κ2) is 8.27. The van der Waals surface area contributed by atoms with Crippen molar-refractivity contribution >= 4 is 23.3 Å². The van der Waals surface area contributed by atoms with Crippen molar-refractivity contribution in [3.63, 3.8) is 0 Å². The predicted octanol–water partition coefficient (Wildman–Crippen LogP) is 3.44. The summed E-state index contributed by atoms with van der Waals surface area (Å²) in [7, 11) is 0. The standard InChI is InChI=1S/C20H32N4O2S/c1-15(2)5-9-24-19(26)23(13-16(3)4)18(25)20(24)6-10-22(11-7-20)14-17-21-8-12-27-17/h8,12,15-16H,5-7,9-11,13-14H2,1-4H3. The van der Waals surface area contributed by atoms with Crippen LogP contribution in [0.25, 0.3) is 0 Å². The minimum atomic E-state index is -0.639. The van der Waals surface area contributed by atoms with Crippen molar-refractivity contribution in [1.82, 2.24) is 19.7 Å². The lowest BCUT2D eigenvalue weighted by Gasteiger charge is -2.42. The predicted molar refractivity (Wildman–Crippen MR) is 107 cm³/mol. The zero-order valence-corrected chi connectivity index (χ0v) is 17.8. The molecule has 150 valence electrons. The van der Waals surface area contributed by atoms with E-state index in [-0.39, 0.29) is 17.9 Å². The van der Waals surface area contributed by atoms with Gasteiger partial charge < -0.3 is 4.90 Å². The average molecular weight is 393 g/mol. The van der Waals surface area contributed by atoms with Gasteiger partial charge >= 0.3 is 6.03 Å². The number of imide groups is 1. The van der Waals surface area contributed by atoms with Crippen LogP contribution < -0.4 is 0 Å². The molecule has 2 fully saturated rings. The molecular formula is C20H32N4O2S. The molecule has 2 aliphatic heterocycles. The first-order chi connectivity index (χ1) is 12.8. The molecule has 0 N–H and O–H groups in total. The summed E-state index contributed by atoms with van der Waals surface area (Å²) in [5.74, 6) is 0.818. The highest BCUT2D eigenvalue weighted by Crippen LogP contribution is 2.38. The molecule has 0 aliphatic carbocycles. The molecule has 3 rings (SSSR count). The minimum absolute atomic E-state index is 0.0267. The Bertz CT molecular complexity index is 651. The van der Waals surface area contributed by atoms with Crippen molar-refractivity contribution in [3.05, 3.63) is 16.6 Å². The maximum atomic E-state index is 13.3. The average Bonchev–Trinajstić information content (AvgIpc) is 3.18. The molecule has 0 aromatic carbocycles. The first-order valence-corrected chi connectivity index (χ1v) is 11.0. The SMILES string of the molecule is CC(C)CCN1C(=O)N(CC(C)C)C(=O)C12CCN(Cc1nccs1)CC2. The molecule has 7 heteroatoms. The van der Waals surface area contributed by atoms with E-state index in [0.29, 0.717) is 19.0 Å². The van der Waals surface area contributed by atoms with E-state index in [2.05, 4.69) is 37.6 Å². The van der Waals surface area contributed by atoms with Gasteiger partial charge in [-0.3, -0.25) is 14.6 Å². The van der Waals surface area contributed by atoms with Crippen molar-refractivity contribution in [3.8, 4) is 0 Å². The van der Waals surface area contributed by atoms with Crippen molar-refractivity contribution in [2.45, 2.75) is 59.0 Å². The molecule has 2 aliphatic rings. The van der Waals surface area contributed by atoms with Gasteiger partial charge in [-0.05, 0) is 31.1 Å². The maximum Gasteiger partial charge on any atom is 0.327 e. The van der Waals surface area contributed by atoms with Crippen LogP contribution >= 0.6 is 11.3 Å². The number of urea groups is 1. The maximum absolute atomic E-state index is 13.3. The molecule has 0 radical (unpaired) electrons. The quantitative estimate of drug-likeness (QED) is 0.667. The highest BCUT2D eigenvalue weighted by atomic mass is 32.1. The number of piperidine rings is 1. The van der Waals surface area contributed by atoms with Gasteiger partial charge in [0.05, 0.1) is 6.54 Å². The third kappa shape index (κ3) is 4.19. The fourth-order valence-electron chi connectivity index (χ4n) is 4.09. The third-order valence-electron chi connectivity index (χ3n) is 5.63. The lowest BCUT2D eigenvalue weighted by atomic mass is 9.85. The monoisotopic (exact) mass is 392 g/mol. The Kier molecular flexibility index (Phi) is 6.21. The van der Waals surface area contributed by atoms with E-state index in [0.717, 1.165) is 43.9 Å². The molecule has 3 heterocycles. The first-order valence-electron chi connectivity index (χ1n) is 10.1. The van der Waals surface area contributed by atoms with Gasteiger partial charge in [-0.15, -0.1) is 11.3 Å². The Hall–Kier alpha value is -1.47. The van der Waals surface area contributed by atoms with Crippen LogP contribution in [0.3, 0.4) is 0 Å². The lowest BCUT2D eigenvalue weighted by molar-refractivity contribution is -0.136. The Morgan fingerprint density at radius 1 is 1.15 bits per heavy atom. The zero-order chi connectivity index (χ0) is 19.6. The number of likely N-dealkylation sites (tertiary alicyclic amines) is 1. The fraction of sp³-hybridized carbons (Fsp3) is 0.750. The van der Waals surface area contributed by atoms with Gasteiger partial charge in [-0.2, -0.15) is 0 Å². The summed E-state index contributed by atoms with van der Waals surface area (Å²) in [4.78, 5) is 36.6. The Labute approximate surface area is 166 Å². The van der Waals surface area contributed by atoms with Gasteiger partial charge in [0.25, 0.3) is 5.91 Å². The number of rotatable bonds is 7. The molecular weight excluding hydrogens is 360 g/mol. The van der Waals surface area contributed by atoms with E-state index in [9.17, 15) is 9.59 Å². The van der Waals surface area contributed by atoms with Crippen molar-refractivity contribution < 1.29 is 9.59 Å². The Morgan fingerprint density at radius 3 is 2.41 bits per heavy atom. The summed E-state index contributed by atoms with van der Waals surface area (Å²) >= 11 is 1.67. The molecule has 0 saturated carbocycles. The van der Waals surface area contributed by atoms with Crippen LogP contribution in [0.4, 0.5) is 4.79 Å². The number of hydrogen-bond acceptors (Lipinski definition) is 5. The van der Waals surface area contributed by atoms with Crippen LogP contribution in [0.1, 0.15) is 52.0 Å². The van der Waals surface area contributed by atoms with E-state index in [1.165, 1.54) is 4.90 Å². The van der Waals surface area contributed by atoms with Gasteiger partial charge in [0.2, 0.25) is 0 Å². The van der Waals surface area contributed by atoms with E-state index < -0.39 is 5.54 Å². The normalized spacial score (nSPS) is 20.7. The van der Waals surface area contributed by atoms with Crippen molar-refractivity contribution in [2.24, 2.45) is 11.8 Å². The van der Waals surface area contributed by atoms with Crippen LogP contribution in [-0.2, 0) is 11.3 Å². The van der Waals surface area contributed by atoms with Crippen molar-refractivity contribution in [2.75, 3.05) is 26.2 Å². The molecule has 2 saturated heterocycles. The highest BCUT2D eigenvalue weighted by Gasteiger charge is 2.57. The summed E-state index contributed by atoms with van der Waals surface area (Å²) in [6, 6.07) is -0.0808. The highest BCUT2D eigenvalue weighted by molar-refractivity contribution is 7.09. The smallest absolute Gasteiger partial charge is 0.309 e. The van der Waals surface area contributed by atoms with Crippen LogP contribution in [0.15, 0.2) is 11.6 Å². The first kappa shape index (κ1) is 20.3. The van der Waals surface area contributed by atoms with Crippen LogP contribution in [0.2, 0.25) is 0 Å². The number of nitrogens with zero attached hydrogens (tertiary/aromatic N) is 4. The third-order valence-corrected chi connectivity index (χ3v) is 6.39. The van der Waals surface area contributed by atoms with Gasteiger partial charge in [0, 0.05) is 37.8 Å². The Morgan fingerprint density at radius 2 is 1.85 bits per heavy atom. The number of carbonyl (C=O) groups is 2. The van der Waals surface area contributed by atoms with Crippen LogP contribution in [0, 0.1) is 11.8 Å². The number of carbonyl (C=O) groups excluding carboxylic acids is 2. The van der Waals surface area contributed by atoms with E-state index >= 15 is 0 Å². The number of amides is 3. The summed E-state index contributed by atoms with van der Waals surface area (Å²) in [6.45, 7) is 12.1. The zero-order valence-electron chi connectivity index (χ0n) is 17.0. The van der Waals surface area contributed by atoms with Crippen LogP contribution in [-0.4, -0.2) is 63.3 Å². The minimum Gasteiger partial charge on any atom is -0.309 e. The van der Waals surface area contributed by atoms with Gasteiger partial charge in [0.1, 0.15) is 10.5 Å². The number of hydrogen-bond donors (Lipinski definition) is 0. The molecule has 1 aromatic heterocycles. The van der Waals surface area contributed by atoms with E-state index in [4.69, 9.17) is 0 Å². The molecule has 0 bridgehead atoms. The van der Waals surface area contributed by atoms with Gasteiger partial charge in [0.15, 0.2) is 0 Å². The van der Waals surface area contributed by atoms with E-state index in [1.54, 1.807) is 11.3 Å². The molecule has 0 atom stereocenters. The number of thiazole rings is 1. The largest absolute Gasteiger partial charge is 0.327 e. The molecule has 27 heavy (non-hydrogen) atoms. The molecule has 1 aromatic rings. The summed E-state index contributed by atoms with van der Waals surface area (Å²) in [6.07, 6.45) is 4.20. The molecule has 6 nitrogen and oxygen atoms in total. The van der Waals surface area contributed by atoms with Gasteiger partial charge in [-0.1, -0.05) is 27.7 Å². The molecule has 1 spiro atoms. The topological polar surface area (TPSA) is 56.8 Å². The summed E-state index contributed by atoms with van der Waals surface area (Å²) in [5.41, 5.74) is -0.639. The fourth-order valence-corrected chi connectivity index (χ4v) is 4.75. The lowest BCUT2D eigenvalue weighted by Crippen LogP contribution is -2.56. The molecule has 0 unspecified atom stereocenters. The molecule has 3 amide bonds. The Balaban J connectivity index is 1.75.